The van der Waals surface area contributed by atoms with E-state index < -0.39 is 17.4 Å². The van der Waals surface area contributed by atoms with Crippen molar-refractivity contribution in [1.82, 2.24) is 9.55 Å². The first-order valence-corrected chi connectivity index (χ1v) is 5.10. The maximum Gasteiger partial charge on any atom is 0.433 e. The van der Waals surface area contributed by atoms with Crippen LogP contribution in [-0.2, 0) is 12.7 Å². The molecule has 1 aromatic heterocycles. The molecule has 88 valence electrons. The Morgan fingerprint density at radius 2 is 2.12 bits per heavy atom. The average molecular weight is 232 g/mol. The van der Waals surface area contributed by atoms with Crippen LogP contribution in [0.25, 0.3) is 0 Å². The van der Waals surface area contributed by atoms with Crippen molar-refractivity contribution in [2.75, 3.05) is 0 Å². The van der Waals surface area contributed by atoms with Crippen LogP contribution in [-0.4, -0.2) is 9.55 Å². The second-order valence-corrected chi connectivity index (χ2v) is 4.06. The number of alkyl halides is 3. The van der Waals surface area contributed by atoms with Gasteiger partial charge in [0.2, 0.25) is 0 Å². The van der Waals surface area contributed by atoms with Crippen LogP contribution in [0.5, 0.6) is 0 Å². The number of halogens is 3. The van der Waals surface area contributed by atoms with E-state index in [1.165, 1.54) is 4.57 Å². The Balaban J connectivity index is 2.19. The van der Waals surface area contributed by atoms with E-state index in [2.05, 4.69) is 4.98 Å². The van der Waals surface area contributed by atoms with Crippen molar-refractivity contribution in [3.8, 4) is 0 Å². The predicted molar refractivity (Wildman–Crippen MR) is 50.8 cm³/mol. The molecule has 6 heteroatoms. The maximum atomic E-state index is 12.2. The third kappa shape index (κ3) is 2.25. The van der Waals surface area contributed by atoms with Crippen LogP contribution >= 0.6 is 0 Å². The molecule has 1 fully saturated rings. The molecule has 0 radical (unpaired) electrons. The van der Waals surface area contributed by atoms with Gasteiger partial charge in [-0.2, -0.15) is 13.2 Å². The minimum atomic E-state index is -4.55. The lowest BCUT2D eigenvalue weighted by molar-refractivity contribution is -0.141. The van der Waals surface area contributed by atoms with Crippen molar-refractivity contribution in [1.29, 1.82) is 0 Å². The van der Waals surface area contributed by atoms with Crippen LogP contribution in [0.2, 0.25) is 0 Å². The summed E-state index contributed by atoms with van der Waals surface area (Å²) in [5.74, 6) is 0.413. The summed E-state index contributed by atoms with van der Waals surface area (Å²) in [6.45, 7) is 0.476. The summed E-state index contributed by atoms with van der Waals surface area (Å²) in [6, 6.07) is 0.554. The van der Waals surface area contributed by atoms with E-state index in [0.29, 0.717) is 18.5 Å². The second kappa shape index (κ2) is 3.92. The lowest BCUT2D eigenvalue weighted by Crippen LogP contribution is -2.28. The number of nitrogens with zero attached hydrogens (tertiary/aromatic N) is 2. The fourth-order valence-corrected chi connectivity index (χ4v) is 1.67. The zero-order chi connectivity index (χ0) is 11.8. The van der Waals surface area contributed by atoms with Gasteiger partial charge in [0.15, 0.2) is 5.69 Å². The molecule has 0 atom stereocenters. The van der Waals surface area contributed by atoms with E-state index in [-0.39, 0.29) is 0 Å². The lowest BCUT2D eigenvalue weighted by atomic mass is 9.85. The highest BCUT2D eigenvalue weighted by Gasteiger charge is 2.33. The van der Waals surface area contributed by atoms with Gasteiger partial charge < -0.3 is 0 Å². The SMILES string of the molecule is O=c1cc(C(F)(F)F)ncn1CC1CCC1. The van der Waals surface area contributed by atoms with Gasteiger partial charge in [-0.3, -0.25) is 9.36 Å². The molecule has 0 amide bonds. The fourth-order valence-electron chi connectivity index (χ4n) is 1.67. The first-order valence-electron chi connectivity index (χ1n) is 5.10. The molecule has 1 heterocycles. The topological polar surface area (TPSA) is 34.9 Å². The van der Waals surface area contributed by atoms with Crippen molar-refractivity contribution in [2.45, 2.75) is 32.0 Å². The highest BCUT2D eigenvalue weighted by atomic mass is 19.4. The number of aromatic nitrogens is 2. The Bertz CT molecular complexity index is 434. The molecule has 1 saturated carbocycles. The van der Waals surface area contributed by atoms with Gasteiger partial charge in [0, 0.05) is 12.6 Å². The quantitative estimate of drug-likeness (QED) is 0.782. The molecule has 0 unspecified atom stereocenters. The molecule has 3 nitrogen and oxygen atoms in total. The molecule has 0 bridgehead atoms. The van der Waals surface area contributed by atoms with Crippen LogP contribution in [0.1, 0.15) is 25.0 Å². The van der Waals surface area contributed by atoms with Crippen LogP contribution in [0.4, 0.5) is 13.2 Å². The summed E-state index contributed by atoms with van der Waals surface area (Å²) in [6.07, 6.45) is -0.355. The van der Waals surface area contributed by atoms with Crippen LogP contribution < -0.4 is 5.56 Å². The molecule has 0 aliphatic heterocycles. The lowest BCUT2D eigenvalue weighted by Gasteiger charge is -2.25. The Labute approximate surface area is 89.9 Å². The summed E-state index contributed by atoms with van der Waals surface area (Å²) in [7, 11) is 0. The minimum absolute atomic E-state index is 0.413. The number of hydrogen-bond acceptors (Lipinski definition) is 2. The summed E-state index contributed by atoms with van der Waals surface area (Å²) >= 11 is 0. The van der Waals surface area contributed by atoms with Gasteiger partial charge in [0.1, 0.15) is 0 Å². The van der Waals surface area contributed by atoms with Crippen molar-refractivity contribution in [3.63, 3.8) is 0 Å². The highest BCUT2D eigenvalue weighted by molar-refractivity contribution is 5.03. The molecule has 0 spiro atoms. The summed E-state index contributed by atoms with van der Waals surface area (Å²) in [4.78, 5) is 14.6. The van der Waals surface area contributed by atoms with Gasteiger partial charge in [0.25, 0.3) is 5.56 Å². The maximum absolute atomic E-state index is 12.2. The molecule has 1 aromatic rings. The largest absolute Gasteiger partial charge is 0.433 e. The van der Waals surface area contributed by atoms with E-state index in [0.717, 1.165) is 25.6 Å². The smallest absolute Gasteiger partial charge is 0.299 e. The Morgan fingerprint density at radius 1 is 1.44 bits per heavy atom. The van der Waals surface area contributed by atoms with Gasteiger partial charge in [-0.15, -0.1) is 0 Å². The van der Waals surface area contributed by atoms with Crippen molar-refractivity contribution in [3.05, 3.63) is 28.4 Å². The molecular weight excluding hydrogens is 221 g/mol. The summed E-state index contributed by atoms with van der Waals surface area (Å²) in [5, 5.41) is 0. The van der Waals surface area contributed by atoms with Gasteiger partial charge in [-0.25, -0.2) is 4.98 Å². The molecule has 1 aliphatic rings. The fraction of sp³-hybridized carbons (Fsp3) is 0.600. The standard InChI is InChI=1S/C10H11F3N2O/c11-10(12,13)8-4-9(16)15(6-14-8)5-7-2-1-3-7/h4,6-7H,1-3,5H2. The second-order valence-electron chi connectivity index (χ2n) is 4.06. The van der Waals surface area contributed by atoms with Crippen molar-refractivity contribution in [2.24, 2.45) is 5.92 Å². The first kappa shape index (κ1) is 11.2. The monoisotopic (exact) mass is 232 g/mol. The summed E-state index contributed by atoms with van der Waals surface area (Å²) < 4.78 is 37.9. The van der Waals surface area contributed by atoms with E-state index >= 15 is 0 Å². The van der Waals surface area contributed by atoms with E-state index in [1.54, 1.807) is 0 Å². The molecule has 0 N–H and O–H groups in total. The van der Waals surface area contributed by atoms with Crippen molar-refractivity contribution < 1.29 is 13.2 Å². The van der Waals surface area contributed by atoms with Gasteiger partial charge in [-0.05, 0) is 18.8 Å². The third-order valence-electron chi connectivity index (χ3n) is 2.85. The van der Waals surface area contributed by atoms with Crippen molar-refractivity contribution >= 4 is 0 Å². The predicted octanol–water partition coefficient (Wildman–Crippen LogP) is 2.06. The molecule has 1 aliphatic carbocycles. The zero-order valence-corrected chi connectivity index (χ0v) is 8.50. The zero-order valence-electron chi connectivity index (χ0n) is 8.50. The van der Waals surface area contributed by atoms with Gasteiger partial charge >= 0.3 is 6.18 Å². The summed E-state index contributed by atoms with van der Waals surface area (Å²) in [5.41, 5.74) is -1.75. The normalized spacial score (nSPS) is 17.2. The minimum Gasteiger partial charge on any atom is -0.299 e. The van der Waals surface area contributed by atoms with E-state index in [1.807, 2.05) is 0 Å². The highest BCUT2D eigenvalue weighted by Crippen LogP contribution is 2.28. The molecule has 0 aromatic carbocycles. The van der Waals surface area contributed by atoms with Crippen LogP contribution in [0.3, 0.4) is 0 Å². The molecular formula is C10H11F3N2O. The van der Waals surface area contributed by atoms with Crippen LogP contribution in [0.15, 0.2) is 17.2 Å². The molecule has 2 rings (SSSR count). The number of hydrogen-bond donors (Lipinski definition) is 0. The van der Waals surface area contributed by atoms with Crippen LogP contribution in [0, 0.1) is 5.92 Å². The van der Waals surface area contributed by atoms with E-state index in [4.69, 9.17) is 0 Å². The van der Waals surface area contributed by atoms with Gasteiger partial charge in [0.05, 0.1) is 6.33 Å². The van der Waals surface area contributed by atoms with E-state index in [9.17, 15) is 18.0 Å². The Kier molecular flexibility index (Phi) is 2.73. The van der Waals surface area contributed by atoms with Gasteiger partial charge in [-0.1, -0.05) is 6.42 Å². The first-order chi connectivity index (χ1) is 7.47. The third-order valence-corrected chi connectivity index (χ3v) is 2.85. The Hall–Kier alpha value is -1.33. The Morgan fingerprint density at radius 3 is 2.56 bits per heavy atom. The average Bonchev–Trinajstić information content (AvgIpc) is 2.11. The molecule has 16 heavy (non-hydrogen) atoms. The molecule has 0 saturated heterocycles. The number of rotatable bonds is 2.